The lowest BCUT2D eigenvalue weighted by atomic mass is 9.92. The summed E-state index contributed by atoms with van der Waals surface area (Å²) in [6.45, 7) is 1.57. The van der Waals surface area contributed by atoms with Gasteiger partial charge in [0.15, 0.2) is 0 Å². The molecule has 3 nitrogen and oxygen atoms in total. The zero-order valence-electron chi connectivity index (χ0n) is 13.4. The number of hydrogen-bond acceptors (Lipinski definition) is 3. The molecule has 1 aliphatic rings. The normalized spacial score (nSPS) is 18.3. The smallest absolute Gasteiger partial charge is 0.0858 e. The zero-order chi connectivity index (χ0) is 16.3. The van der Waals surface area contributed by atoms with Gasteiger partial charge in [-0.3, -0.25) is 4.21 Å². The van der Waals surface area contributed by atoms with Crippen molar-refractivity contribution in [1.29, 1.82) is 0 Å². The lowest BCUT2D eigenvalue weighted by Gasteiger charge is -2.23. The van der Waals surface area contributed by atoms with Gasteiger partial charge in [-0.2, -0.15) is 0 Å². The molecule has 0 bridgehead atoms. The first-order valence-corrected chi connectivity index (χ1v) is 9.53. The van der Waals surface area contributed by atoms with Gasteiger partial charge in [0, 0.05) is 40.5 Å². The van der Waals surface area contributed by atoms with Crippen molar-refractivity contribution < 1.29 is 9.32 Å². The van der Waals surface area contributed by atoms with E-state index in [1.54, 1.807) is 6.26 Å². The average molecular weight is 329 g/mol. The Hall–Kier alpha value is -1.49. The Kier molecular flexibility index (Phi) is 4.95. The van der Waals surface area contributed by atoms with E-state index in [1.807, 2.05) is 54.6 Å². The Morgan fingerprint density at radius 1 is 1.13 bits per heavy atom. The molecule has 2 atom stereocenters. The quantitative estimate of drug-likeness (QED) is 0.821. The summed E-state index contributed by atoms with van der Waals surface area (Å²) in [5.74, 6) is 0. The molecule has 23 heavy (non-hydrogen) atoms. The van der Waals surface area contributed by atoms with Gasteiger partial charge in [-0.05, 0) is 36.1 Å². The van der Waals surface area contributed by atoms with Crippen molar-refractivity contribution in [3.63, 3.8) is 0 Å². The van der Waals surface area contributed by atoms with Crippen molar-refractivity contribution in [2.75, 3.05) is 12.8 Å². The fourth-order valence-electron chi connectivity index (χ4n) is 2.95. The lowest BCUT2D eigenvalue weighted by Crippen LogP contribution is -2.28. The third-order valence-electron chi connectivity index (χ3n) is 4.65. The van der Waals surface area contributed by atoms with Crippen LogP contribution in [0.4, 0.5) is 0 Å². The summed E-state index contributed by atoms with van der Waals surface area (Å²) in [4.78, 5) is 0.854. The number of benzene rings is 2. The first kappa shape index (κ1) is 16.4. The maximum absolute atomic E-state index is 11.4. The summed E-state index contributed by atoms with van der Waals surface area (Å²) in [5.41, 5.74) is 2.15. The van der Waals surface area contributed by atoms with Crippen LogP contribution >= 0.6 is 0 Å². The van der Waals surface area contributed by atoms with Crippen molar-refractivity contribution in [2.24, 2.45) is 5.41 Å². The summed E-state index contributed by atoms with van der Waals surface area (Å²) in [7, 11) is -0.928. The minimum absolute atomic E-state index is 0.0216. The van der Waals surface area contributed by atoms with E-state index in [2.05, 4.69) is 5.32 Å². The molecule has 2 aromatic rings. The minimum Gasteiger partial charge on any atom is -0.388 e. The summed E-state index contributed by atoms with van der Waals surface area (Å²) >= 11 is 0. The highest BCUT2D eigenvalue weighted by Gasteiger charge is 2.48. The van der Waals surface area contributed by atoms with E-state index in [-0.39, 0.29) is 5.41 Å². The van der Waals surface area contributed by atoms with Crippen LogP contribution in [0.15, 0.2) is 59.5 Å². The first-order valence-electron chi connectivity index (χ1n) is 7.97. The van der Waals surface area contributed by atoms with Gasteiger partial charge in [0.1, 0.15) is 0 Å². The maximum atomic E-state index is 11.4. The number of rotatable bonds is 7. The van der Waals surface area contributed by atoms with Gasteiger partial charge in [-0.1, -0.05) is 42.5 Å². The van der Waals surface area contributed by atoms with Crippen LogP contribution in [-0.2, 0) is 17.3 Å². The molecule has 3 rings (SSSR count). The second-order valence-electron chi connectivity index (χ2n) is 6.38. The van der Waals surface area contributed by atoms with Crippen LogP contribution in [0.5, 0.6) is 0 Å². The molecule has 1 aliphatic carbocycles. The minimum atomic E-state index is -0.928. The molecule has 2 N–H and O–H groups in total. The largest absolute Gasteiger partial charge is 0.388 e. The van der Waals surface area contributed by atoms with Gasteiger partial charge in [-0.25, -0.2) is 0 Å². The summed E-state index contributed by atoms with van der Waals surface area (Å²) in [6, 6.07) is 17.8. The average Bonchev–Trinajstić information content (AvgIpc) is 3.36. The molecule has 122 valence electrons. The van der Waals surface area contributed by atoms with Crippen LogP contribution < -0.4 is 5.32 Å². The van der Waals surface area contributed by atoms with Gasteiger partial charge < -0.3 is 10.4 Å². The highest BCUT2D eigenvalue weighted by Crippen LogP contribution is 2.54. The van der Waals surface area contributed by atoms with Crippen molar-refractivity contribution in [3.05, 3.63) is 65.7 Å². The van der Waals surface area contributed by atoms with Crippen LogP contribution in [0.3, 0.4) is 0 Å². The van der Waals surface area contributed by atoms with Gasteiger partial charge >= 0.3 is 0 Å². The van der Waals surface area contributed by atoms with Crippen LogP contribution in [0, 0.1) is 5.41 Å². The number of aliphatic hydroxyl groups excluding tert-OH is 1. The third kappa shape index (κ3) is 3.89. The molecule has 1 saturated carbocycles. The van der Waals surface area contributed by atoms with E-state index in [1.165, 1.54) is 5.56 Å². The standard InChI is InChI=1S/C19H23NO2S/c1-23(22)17-9-7-15(8-10-17)13-20-14-19(11-12-19)18(21)16-5-3-2-4-6-16/h2-10,18,20-21H,11-14H2,1H3. The van der Waals surface area contributed by atoms with Crippen LogP contribution in [0.1, 0.15) is 30.1 Å². The van der Waals surface area contributed by atoms with Gasteiger partial charge in [0.2, 0.25) is 0 Å². The summed E-state index contributed by atoms with van der Waals surface area (Å²) in [5, 5.41) is 14.1. The fourth-order valence-corrected chi connectivity index (χ4v) is 3.47. The molecule has 0 aromatic heterocycles. The lowest BCUT2D eigenvalue weighted by molar-refractivity contribution is 0.0917. The van der Waals surface area contributed by atoms with E-state index in [9.17, 15) is 9.32 Å². The van der Waals surface area contributed by atoms with Crippen molar-refractivity contribution >= 4 is 10.8 Å². The Bertz CT molecular complexity index is 666. The molecule has 2 aromatic carbocycles. The van der Waals surface area contributed by atoms with Crippen molar-refractivity contribution in [1.82, 2.24) is 5.32 Å². The molecule has 0 heterocycles. The third-order valence-corrected chi connectivity index (χ3v) is 5.59. The molecular weight excluding hydrogens is 306 g/mol. The first-order chi connectivity index (χ1) is 11.1. The monoisotopic (exact) mass is 329 g/mol. The van der Waals surface area contributed by atoms with Gasteiger partial charge in [0.05, 0.1) is 6.10 Å². The molecule has 2 unspecified atom stereocenters. The Labute approximate surface area is 140 Å². The predicted octanol–water partition coefficient (Wildman–Crippen LogP) is 3.03. The van der Waals surface area contributed by atoms with E-state index in [4.69, 9.17) is 0 Å². The molecule has 0 radical (unpaired) electrons. The second kappa shape index (κ2) is 6.95. The number of hydrogen-bond donors (Lipinski definition) is 2. The summed E-state index contributed by atoms with van der Waals surface area (Å²) < 4.78 is 11.4. The number of nitrogens with one attached hydrogen (secondary N) is 1. The molecule has 0 spiro atoms. The van der Waals surface area contributed by atoms with Crippen molar-refractivity contribution in [3.8, 4) is 0 Å². The molecule has 0 saturated heterocycles. The molecule has 0 aliphatic heterocycles. The van der Waals surface area contributed by atoms with E-state index in [0.717, 1.165) is 36.4 Å². The van der Waals surface area contributed by atoms with E-state index >= 15 is 0 Å². The zero-order valence-corrected chi connectivity index (χ0v) is 14.2. The topological polar surface area (TPSA) is 49.3 Å². The van der Waals surface area contributed by atoms with Crippen LogP contribution in [0.2, 0.25) is 0 Å². The Balaban J connectivity index is 1.55. The SMILES string of the molecule is CS(=O)c1ccc(CNCC2(C(O)c3ccccc3)CC2)cc1. The highest BCUT2D eigenvalue weighted by molar-refractivity contribution is 7.84. The molecule has 4 heteroatoms. The molecule has 0 amide bonds. The van der Waals surface area contributed by atoms with Crippen LogP contribution in [-0.4, -0.2) is 22.1 Å². The number of aliphatic hydroxyl groups is 1. The maximum Gasteiger partial charge on any atom is 0.0858 e. The Morgan fingerprint density at radius 2 is 1.78 bits per heavy atom. The molecular formula is C19H23NO2S. The predicted molar refractivity (Wildman–Crippen MR) is 93.5 cm³/mol. The van der Waals surface area contributed by atoms with Gasteiger partial charge in [-0.15, -0.1) is 0 Å². The van der Waals surface area contributed by atoms with E-state index < -0.39 is 16.9 Å². The second-order valence-corrected chi connectivity index (χ2v) is 7.76. The van der Waals surface area contributed by atoms with Crippen molar-refractivity contribution in [2.45, 2.75) is 30.4 Å². The van der Waals surface area contributed by atoms with Crippen LogP contribution in [0.25, 0.3) is 0 Å². The Morgan fingerprint density at radius 3 is 2.35 bits per heavy atom. The van der Waals surface area contributed by atoms with E-state index in [0.29, 0.717) is 0 Å². The fraction of sp³-hybridized carbons (Fsp3) is 0.368. The molecule has 1 fully saturated rings. The summed E-state index contributed by atoms with van der Waals surface area (Å²) in [6.07, 6.45) is 3.41. The van der Waals surface area contributed by atoms with Gasteiger partial charge in [0.25, 0.3) is 0 Å². The highest BCUT2D eigenvalue weighted by atomic mass is 32.2.